The van der Waals surface area contributed by atoms with Crippen molar-refractivity contribution in [2.24, 2.45) is 0 Å². The average molecular weight is 523 g/mol. The lowest BCUT2D eigenvalue weighted by molar-refractivity contribution is -0.384. The molecule has 1 saturated heterocycles. The molecule has 1 aromatic heterocycles. The summed E-state index contributed by atoms with van der Waals surface area (Å²) in [5, 5.41) is 22.0. The molecule has 10 nitrogen and oxygen atoms in total. The lowest BCUT2D eigenvalue weighted by Crippen LogP contribution is -2.50. The van der Waals surface area contributed by atoms with Crippen LogP contribution in [-0.4, -0.2) is 63.9 Å². The highest BCUT2D eigenvalue weighted by atomic mass is 32.2. The minimum absolute atomic E-state index is 0.0583. The first-order valence-electron chi connectivity index (χ1n) is 12.7. The SMILES string of the molecule is O=C(CSc1nnc(-c2cccc([N+](=O)[O-])c2)o1)Nc1ccc(N2CCN(C3CCCCC3)CC2)cc1. The van der Waals surface area contributed by atoms with Crippen LogP contribution in [0.2, 0.25) is 0 Å². The number of nitrogens with one attached hydrogen (secondary N) is 1. The molecule has 2 heterocycles. The van der Waals surface area contributed by atoms with E-state index < -0.39 is 4.92 Å². The van der Waals surface area contributed by atoms with Crippen molar-refractivity contribution in [1.82, 2.24) is 15.1 Å². The predicted octanol–water partition coefficient (Wildman–Crippen LogP) is 4.83. The largest absolute Gasteiger partial charge is 0.411 e. The molecule has 3 aromatic rings. The molecule has 0 bridgehead atoms. The summed E-state index contributed by atoms with van der Waals surface area (Å²) in [5.74, 6) is 0.0808. The van der Waals surface area contributed by atoms with E-state index in [-0.39, 0.29) is 28.5 Å². The van der Waals surface area contributed by atoms with Crippen molar-refractivity contribution in [3.05, 3.63) is 58.6 Å². The van der Waals surface area contributed by atoms with E-state index in [0.717, 1.165) is 49.7 Å². The van der Waals surface area contributed by atoms with E-state index in [1.807, 2.05) is 12.1 Å². The number of rotatable bonds is 8. The fraction of sp³-hybridized carbons (Fsp3) is 0.423. The van der Waals surface area contributed by atoms with Crippen molar-refractivity contribution in [2.45, 2.75) is 43.4 Å². The van der Waals surface area contributed by atoms with Crippen LogP contribution in [0.15, 0.2) is 58.2 Å². The molecule has 37 heavy (non-hydrogen) atoms. The fourth-order valence-corrected chi connectivity index (χ4v) is 5.57. The average Bonchev–Trinajstić information content (AvgIpc) is 3.42. The molecule has 1 aliphatic carbocycles. The van der Waals surface area contributed by atoms with E-state index in [1.54, 1.807) is 12.1 Å². The molecule has 2 aromatic carbocycles. The Hall–Kier alpha value is -3.44. The number of aromatic nitrogens is 2. The monoisotopic (exact) mass is 522 g/mol. The second-order valence-electron chi connectivity index (χ2n) is 9.38. The van der Waals surface area contributed by atoms with Crippen molar-refractivity contribution >= 4 is 34.7 Å². The van der Waals surface area contributed by atoms with Crippen LogP contribution in [0.1, 0.15) is 32.1 Å². The van der Waals surface area contributed by atoms with Gasteiger partial charge in [-0.05, 0) is 43.2 Å². The number of piperazine rings is 1. The molecule has 2 aliphatic rings. The Morgan fingerprint density at radius 2 is 1.81 bits per heavy atom. The number of non-ortho nitro benzene ring substituents is 1. The van der Waals surface area contributed by atoms with Gasteiger partial charge in [0.25, 0.3) is 10.9 Å². The number of carbonyl (C=O) groups excluding carboxylic acids is 1. The quantitative estimate of drug-likeness (QED) is 0.252. The van der Waals surface area contributed by atoms with Crippen molar-refractivity contribution in [2.75, 3.05) is 42.1 Å². The summed E-state index contributed by atoms with van der Waals surface area (Å²) in [6, 6.07) is 14.7. The van der Waals surface area contributed by atoms with Crippen molar-refractivity contribution < 1.29 is 14.1 Å². The molecule has 1 aliphatic heterocycles. The number of hydrogen-bond acceptors (Lipinski definition) is 9. The summed E-state index contributed by atoms with van der Waals surface area (Å²) in [6.07, 6.45) is 6.81. The second kappa shape index (κ2) is 11.7. The van der Waals surface area contributed by atoms with E-state index in [4.69, 9.17) is 4.42 Å². The van der Waals surface area contributed by atoms with E-state index in [9.17, 15) is 14.9 Å². The number of benzene rings is 2. The number of anilines is 2. The van der Waals surface area contributed by atoms with Crippen LogP contribution in [0.25, 0.3) is 11.5 Å². The van der Waals surface area contributed by atoms with Gasteiger partial charge >= 0.3 is 0 Å². The van der Waals surface area contributed by atoms with Crippen LogP contribution >= 0.6 is 11.8 Å². The molecular weight excluding hydrogens is 492 g/mol. The Morgan fingerprint density at radius 1 is 1.05 bits per heavy atom. The van der Waals surface area contributed by atoms with E-state index in [1.165, 1.54) is 49.9 Å². The first-order chi connectivity index (χ1) is 18.0. The van der Waals surface area contributed by atoms with Crippen LogP contribution in [-0.2, 0) is 4.79 Å². The van der Waals surface area contributed by atoms with Crippen LogP contribution < -0.4 is 10.2 Å². The molecule has 1 N–H and O–H groups in total. The van der Waals surface area contributed by atoms with Crippen molar-refractivity contribution in [3.8, 4) is 11.5 Å². The van der Waals surface area contributed by atoms with Crippen LogP contribution in [0.3, 0.4) is 0 Å². The summed E-state index contributed by atoms with van der Waals surface area (Å²) >= 11 is 1.11. The third-order valence-electron chi connectivity index (χ3n) is 6.96. The van der Waals surface area contributed by atoms with Gasteiger partial charge in [-0.15, -0.1) is 10.2 Å². The third kappa shape index (κ3) is 6.47. The second-order valence-corrected chi connectivity index (χ2v) is 10.3. The maximum absolute atomic E-state index is 12.4. The lowest BCUT2D eigenvalue weighted by atomic mass is 9.94. The first-order valence-corrected chi connectivity index (χ1v) is 13.6. The number of amides is 1. The zero-order valence-corrected chi connectivity index (χ0v) is 21.4. The Bertz CT molecular complexity index is 1220. The molecular formula is C26H30N6O4S. The van der Waals surface area contributed by atoms with E-state index in [0.29, 0.717) is 5.56 Å². The fourth-order valence-electron chi connectivity index (χ4n) is 5.01. The summed E-state index contributed by atoms with van der Waals surface area (Å²) in [4.78, 5) is 28.0. The zero-order valence-electron chi connectivity index (χ0n) is 20.5. The van der Waals surface area contributed by atoms with Gasteiger partial charge in [-0.2, -0.15) is 0 Å². The van der Waals surface area contributed by atoms with Gasteiger partial charge in [0.2, 0.25) is 11.8 Å². The third-order valence-corrected chi connectivity index (χ3v) is 7.78. The summed E-state index contributed by atoms with van der Waals surface area (Å²) < 4.78 is 5.56. The molecule has 0 atom stereocenters. The maximum atomic E-state index is 12.4. The number of nitrogens with zero attached hydrogens (tertiary/aromatic N) is 5. The molecule has 11 heteroatoms. The van der Waals surface area contributed by atoms with Gasteiger partial charge in [0.15, 0.2) is 0 Å². The number of nitro benzene ring substituents is 1. The molecule has 0 radical (unpaired) electrons. The Morgan fingerprint density at radius 3 is 2.54 bits per heavy atom. The lowest BCUT2D eigenvalue weighted by Gasteiger charge is -2.41. The standard InChI is InChI=1S/C26H30N6O4S/c33-24(18-37-26-29-28-25(36-26)19-5-4-8-23(17-19)32(34)35)27-20-9-11-22(12-10-20)31-15-13-30(14-16-31)21-6-2-1-3-7-21/h4-5,8-12,17,21H,1-3,6-7,13-16,18H2,(H,27,33). The highest BCUT2D eigenvalue weighted by Gasteiger charge is 2.25. The molecule has 0 spiro atoms. The molecule has 1 amide bonds. The Kier molecular flexibility index (Phi) is 8.00. The Balaban J connectivity index is 1.08. The number of thioether (sulfide) groups is 1. The topological polar surface area (TPSA) is 118 Å². The number of carbonyl (C=O) groups is 1. The predicted molar refractivity (Wildman–Crippen MR) is 143 cm³/mol. The zero-order chi connectivity index (χ0) is 25.6. The minimum atomic E-state index is -0.482. The Labute approximate surface area is 219 Å². The highest BCUT2D eigenvalue weighted by Crippen LogP contribution is 2.27. The van der Waals surface area contributed by atoms with Gasteiger partial charge in [0.1, 0.15) is 0 Å². The van der Waals surface area contributed by atoms with Gasteiger partial charge in [0, 0.05) is 61.3 Å². The van der Waals surface area contributed by atoms with E-state index >= 15 is 0 Å². The van der Waals surface area contributed by atoms with Gasteiger partial charge in [0.05, 0.1) is 10.7 Å². The highest BCUT2D eigenvalue weighted by molar-refractivity contribution is 7.99. The number of hydrogen-bond donors (Lipinski definition) is 1. The number of nitro groups is 1. The molecule has 2 fully saturated rings. The summed E-state index contributed by atoms with van der Waals surface area (Å²) in [7, 11) is 0. The molecule has 0 unspecified atom stereocenters. The molecule has 194 valence electrons. The van der Waals surface area contributed by atoms with Crippen LogP contribution in [0, 0.1) is 10.1 Å². The maximum Gasteiger partial charge on any atom is 0.277 e. The van der Waals surface area contributed by atoms with Gasteiger partial charge < -0.3 is 14.6 Å². The summed E-state index contributed by atoms with van der Waals surface area (Å²) in [6.45, 7) is 4.28. The van der Waals surface area contributed by atoms with Crippen LogP contribution in [0.4, 0.5) is 17.1 Å². The molecule has 5 rings (SSSR count). The van der Waals surface area contributed by atoms with Crippen LogP contribution in [0.5, 0.6) is 0 Å². The summed E-state index contributed by atoms with van der Waals surface area (Å²) in [5.41, 5.74) is 2.30. The minimum Gasteiger partial charge on any atom is -0.411 e. The smallest absolute Gasteiger partial charge is 0.277 e. The normalized spacial score (nSPS) is 17.0. The van der Waals surface area contributed by atoms with Gasteiger partial charge in [-0.1, -0.05) is 37.1 Å². The van der Waals surface area contributed by atoms with Crippen molar-refractivity contribution in [3.63, 3.8) is 0 Å². The first kappa shape index (κ1) is 25.2. The molecule has 1 saturated carbocycles. The van der Waals surface area contributed by atoms with Gasteiger partial charge in [-0.3, -0.25) is 19.8 Å². The van der Waals surface area contributed by atoms with E-state index in [2.05, 4.69) is 37.4 Å². The van der Waals surface area contributed by atoms with Gasteiger partial charge in [-0.25, -0.2) is 0 Å². The van der Waals surface area contributed by atoms with Crippen molar-refractivity contribution in [1.29, 1.82) is 0 Å².